The predicted octanol–water partition coefficient (Wildman–Crippen LogP) is 1.04. The van der Waals surface area contributed by atoms with E-state index in [0.29, 0.717) is 5.75 Å². The van der Waals surface area contributed by atoms with E-state index in [1.807, 2.05) is 25.1 Å². The van der Waals surface area contributed by atoms with E-state index >= 15 is 0 Å². The van der Waals surface area contributed by atoms with Crippen molar-refractivity contribution in [3.05, 3.63) is 35.4 Å². The topological polar surface area (TPSA) is 60.8 Å². The molecule has 0 aliphatic heterocycles. The summed E-state index contributed by atoms with van der Waals surface area (Å²) in [5, 5.41) is 17.7. The molecule has 0 heterocycles. The molecule has 0 saturated heterocycles. The average molecular weight is 283 g/mol. The van der Waals surface area contributed by atoms with Crippen LogP contribution in [0, 0.1) is 6.92 Å². The van der Waals surface area contributed by atoms with Gasteiger partial charge < -0.3 is 15.1 Å². The van der Waals surface area contributed by atoms with Crippen LogP contribution in [0.2, 0.25) is 0 Å². The van der Waals surface area contributed by atoms with Crippen LogP contribution in [0.3, 0.4) is 0 Å². The van der Waals surface area contributed by atoms with E-state index in [1.165, 1.54) is 16.0 Å². The molecule has 0 fully saturated rings. The summed E-state index contributed by atoms with van der Waals surface area (Å²) in [5.41, 5.74) is 2.42. The smallest absolute Gasteiger partial charge is 0.232 e. The molecule has 0 bridgehead atoms. The molecule has 0 atom stereocenters. The van der Waals surface area contributed by atoms with Gasteiger partial charge in [-0.15, -0.1) is 11.8 Å². The molecule has 0 radical (unpaired) electrons. The number of amides is 1. The van der Waals surface area contributed by atoms with Crippen LogP contribution >= 0.6 is 11.8 Å². The average Bonchev–Trinajstić information content (AvgIpc) is 2.38. The van der Waals surface area contributed by atoms with Crippen LogP contribution in [-0.2, 0) is 10.5 Å². The minimum Gasteiger partial charge on any atom is -0.395 e. The summed E-state index contributed by atoms with van der Waals surface area (Å²) in [4.78, 5) is 13.4. The van der Waals surface area contributed by atoms with Crippen LogP contribution in [0.15, 0.2) is 24.3 Å². The number of carbonyl (C=O) groups excluding carboxylic acids is 1. The molecule has 0 aliphatic rings. The van der Waals surface area contributed by atoms with Crippen molar-refractivity contribution in [2.24, 2.45) is 0 Å². The molecule has 1 rings (SSSR count). The molecule has 0 spiro atoms. The monoisotopic (exact) mass is 283 g/mol. The van der Waals surface area contributed by atoms with Crippen molar-refractivity contribution in [3.8, 4) is 0 Å². The molecule has 0 aromatic heterocycles. The second-order valence-corrected chi connectivity index (χ2v) is 5.30. The normalized spacial score (nSPS) is 10.5. The zero-order valence-corrected chi connectivity index (χ0v) is 12.0. The lowest BCUT2D eigenvalue weighted by Gasteiger charge is -2.20. The van der Waals surface area contributed by atoms with Gasteiger partial charge in [-0.25, -0.2) is 0 Å². The van der Waals surface area contributed by atoms with Gasteiger partial charge in [0.25, 0.3) is 0 Å². The van der Waals surface area contributed by atoms with Crippen LogP contribution in [0.4, 0.5) is 0 Å². The van der Waals surface area contributed by atoms with Crippen molar-refractivity contribution < 1.29 is 15.0 Å². The number of aliphatic hydroxyl groups excluding tert-OH is 2. The van der Waals surface area contributed by atoms with Gasteiger partial charge in [0, 0.05) is 18.8 Å². The summed E-state index contributed by atoms with van der Waals surface area (Å²) in [6.45, 7) is 2.46. The highest BCUT2D eigenvalue weighted by atomic mass is 32.2. The number of thioether (sulfide) groups is 1. The number of rotatable bonds is 8. The molecule has 5 heteroatoms. The first-order valence-electron chi connectivity index (χ1n) is 6.30. The van der Waals surface area contributed by atoms with E-state index in [2.05, 4.69) is 6.07 Å². The lowest BCUT2D eigenvalue weighted by Crippen LogP contribution is -2.37. The van der Waals surface area contributed by atoms with E-state index in [1.54, 1.807) is 11.8 Å². The largest absolute Gasteiger partial charge is 0.395 e. The molecule has 1 amide bonds. The molecule has 0 saturated carbocycles. The Morgan fingerprint density at radius 3 is 2.53 bits per heavy atom. The fourth-order valence-corrected chi connectivity index (χ4v) is 2.63. The standard InChI is InChI=1S/C14H21NO3S/c1-12-3-2-4-13(9-12)10-19-11-14(18)15(5-7-16)6-8-17/h2-4,9,16-17H,5-8,10-11H2,1H3. The number of hydrogen-bond donors (Lipinski definition) is 2. The fourth-order valence-electron chi connectivity index (χ4n) is 1.75. The van der Waals surface area contributed by atoms with Crippen molar-refractivity contribution in [1.82, 2.24) is 4.90 Å². The third kappa shape index (κ3) is 6.09. The quantitative estimate of drug-likeness (QED) is 0.748. The molecule has 1 aromatic carbocycles. The Morgan fingerprint density at radius 1 is 1.26 bits per heavy atom. The highest BCUT2D eigenvalue weighted by Gasteiger charge is 2.12. The number of aryl methyl sites for hydroxylation is 1. The lowest BCUT2D eigenvalue weighted by atomic mass is 10.2. The SMILES string of the molecule is Cc1cccc(CSCC(=O)N(CCO)CCO)c1. The first kappa shape index (κ1) is 16.0. The van der Waals surface area contributed by atoms with E-state index in [0.717, 1.165) is 5.75 Å². The highest BCUT2D eigenvalue weighted by molar-refractivity contribution is 7.99. The summed E-state index contributed by atoms with van der Waals surface area (Å²) in [5.74, 6) is 1.12. The molecular weight excluding hydrogens is 262 g/mol. The van der Waals surface area contributed by atoms with Crippen molar-refractivity contribution in [2.75, 3.05) is 32.1 Å². The van der Waals surface area contributed by atoms with E-state index in [-0.39, 0.29) is 32.2 Å². The Balaban J connectivity index is 2.36. The van der Waals surface area contributed by atoms with Gasteiger partial charge in [0.15, 0.2) is 0 Å². The van der Waals surface area contributed by atoms with Gasteiger partial charge in [-0.3, -0.25) is 4.79 Å². The minimum absolute atomic E-state index is 0.0410. The third-order valence-corrected chi connectivity index (χ3v) is 3.66. The summed E-state index contributed by atoms with van der Waals surface area (Å²) < 4.78 is 0. The second-order valence-electron chi connectivity index (χ2n) is 4.31. The number of nitrogens with zero attached hydrogens (tertiary/aromatic N) is 1. The Hall–Kier alpha value is -1.04. The zero-order valence-electron chi connectivity index (χ0n) is 11.2. The fraction of sp³-hybridized carbons (Fsp3) is 0.500. The highest BCUT2D eigenvalue weighted by Crippen LogP contribution is 2.14. The molecule has 0 unspecified atom stereocenters. The van der Waals surface area contributed by atoms with Gasteiger partial charge in [-0.2, -0.15) is 0 Å². The first-order chi connectivity index (χ1) is 9.17. The molecule has 1 aromatic rings. The summed E-state index contributed by atoms with van der Waals surface area (Å²) in [6, 6.07) is 8.21. The number of benzene rings is 1. The molecule has 19 heavy (non-hydrogen) atoms. The Bertz CT molecular complexity index is 392. The van der Waals surface area contributed by atoms with E-state index in [9.17, 15) is 4.79 Å². The maximum atomic E-state index is 11.9. The van der Waals surface area contributed by atoms with Gasteiger partial charge in [0.05, 0.1) is 19.0 Å². The third-order valence-electron chi connectivity index (χ3n) is 2.67. The molecular formula is C14H21NO3S. The van der Waals surface area contributed by atoms with Crippen LogP contribution in [0.25, 0.3) is 0 Å². The van der Waals surface area contributed by atoms with Gasteiger partial charge in [-0.1, -0.05) is 29.8 Å². The number of hydrogen-bond acceptors (Lipinski definition) is 4. The van der Waals surface area contributed by atoms with Crippen LogP contribution in [0.5, 0.6) is 0 Å². The molecule has 2 N–H and O–H groups in total. The first-order valence-corrected chi connectivity index (χ1v) is 7.45. The predicted molar refractivity (Wildman–Crippen MR) is 78.1 cm³/mol. The Kier molecular flexibility index (Phi) is 7.55. The summed E-state index contributed by atoms with van der Waals surface area (Å²) >= 11 is 1.55. The maximum absolute atomic E-state index is 11.9. The Labute approximate surface area is 118 Å². The van der Waals surface area contributed by atoms with Crippen LogP contribution < -0.4 is 0 Å². The maximum Gasteiger partial charge on any atom is 0.232 e. The van der Waals surface area contributed by atoms with Gasteiger partial charge in [-0.05, 0) is 12.5 Å². The van der Waals surface area contributed by atoms with Gasteiger partial charge >= 0.3 is 0 Å². The van der Waals surface area contributed by atoms with Gasteiger partial charge in [0.1, 0.15) is 0 Å². The van der Waals surface area contributed by atoms with Gasteiger partial charge in [0.2, 0.25) is 5.91 Å². The number of aliphatic hydroxyl groups is 2. The Morgan fingerprint density at radius 2 is 1.95 bits per heavy atom. The molecule has 4 nitrogen and oxygen atoms in total. The van der Waals surface area contributed by atoms with E-state index < -0.39 is 0 Å². The van der Waals surface area contributed by atoms with Crippen LogP contribution in [0.1, 0.15) is 11.1 Å². The number of carbonyl (C=O) groups is 1. The summed E-state index contributed by atoms with van der Waals surface area (Å²) in [6.07, 6.45) is 0. The molecule has 0 aliphatic carbocycles. The van der Waals surface area contributed by atoms with Crippen molar-refractivity contribution in [1.29, 1.82) is 0 Å². The van der Waals surface area contributed by atoms with Crippen molar-refractivity contribution >= 4 is 17.7 Å². The lowest BCUT2D eigenvalue weighted by molar-refractivity contribution is -0.129. The molecule has 106 valence electrons. The van der Waals surface area contributed by atoms with Crippen LogP contribution in [-0.4, -0.2) is 53.1 Å². The van der Waals surface area contributed by atoms with E-state index in [4.69, 9.17) is 10.2 Å². The van der Waals surface area contributed by atoms with Crippen molar-refractivity contribution in [2.45, 2.75) is 12.7 Å². The second kappa shape index (κ2) is 8.96. The summed E-state index contributed by atoms with van der Waals surface area (Å²) in [7, 11) is 0. The minimum atomic E-state index is -0.0751. The zero-order chi connectivity index (χ0) is 14.1. The van der Waals surface area contributed by atoms with Crippen molar-refractivity contribution in [3.63, 3.8) is 0 Å².